The Morgan fingerprint density at radius 2 is 1.90 bits per heavy atom. The minimum absolute atomic E-state index is 0.0897. The summed E-state index contributed by atoms with van der Waals surface area (Å²) in [6.45, 7) is 5.22. The van der Waals surface area contributed by atoms with Crippen LogP contribution in [0, 0.1) is 0 Å². The third-order valence-corrected chi connectivity index (χ3v) is 3.42. The molecule has 3 nitrogen and oxygen atoms in total. The monoisotopic (exact) mass is 270 g/mol. The van der Waals surface area contributed by atoms with Crippen LogP contribution in [-0.2, 0) is 11.3 Å². The van der Waals surface area contributed by atoms with Gasteiger partial charge in [0, 0.05) is 25.6 Å². The van der Waals surface area contributed by atoms with Crippen LogP contribution in [0.15, 0.2) is 42.5 Å². The smallest absolute Gasteiger partial charge is 0.224 e. The molecule has 2 aromatic carbocycles. The Hall–Kier alpha value is -1.87. The van der Waals surface area contributed by atoms with Crippen LogP contribution in [0.1, 0.15) is 25.8 Å². The maximum absolute atomic E-state index is 12.1. The third-order valence-electron chi connectivity index (χ3n) is 3.42. The first-order valence-corrected chi connectivity index (χ1v) is 7.11. The summed E-state index contributed by atoms with van der Waals surface area (Å²) in [5.41, 5.74) is 6.86. The van der Waals surface area contributed by atoms with Crippen LogP contribution in [0.2, 0.25) is 0 Å². The average molecular weight is 270 g/mol. The second kappa shape index (κ2) is 6.53. The van der Waals surface area contributed by atoms with E-state index >= 15 is 0 Å². The van der Waals surface area contributed by atoms with E-state index in [0.717, 1.165) is 5.56 Å². The summed E-state index contributed by atoms with van der Waals surface area (Å²) < 4.78 is 0. The summed E-state index contributed by atoms with van der Waals surface area (Å²) >= 11 is 0. The van der Waals surface area contributed by atoms with Gasteiger partial charge < -0.3 is 10.6 Å². The van der Waals surface area contributed by atoms with Gasteiger partial charge in [0.15, 0.2) is 0 Å². The van der Waals surface area contributed by atoms with Gasteiger partial charge >= 0.3 is 0 Å². The van der Waals surface area contributed by atoms with E-state index in [4.69, 9.17) is 5.73 Å². The minimum atomic E-state index is -0.0897. The lowest BCUT2D eigenvalue weighted by Gasteiger charge is -2.22. The van der Waals surface area contributed by atoms with Crippen molar-refractivity contribution in [1.29, 1.82) is 0 Å². The number of carbonyl (C=O) groups is 1. The maximum Gasteiger partial charge on any atom is 0.224 e. The highest BCUT2D eigenvalue weighted by atomic mass is 16.2. The number of hydrogen-bond donors (Lipinski definition) is 1. The van der Waals surface area contributed by atoms with Gasteiger partial charge in [0.25, 0.3) is 0 Å². The van der Waals surface area contributed by atoms with E-state index in [1.165, 1.54) is 10.8 Å². The first kappa shape index (κ1) is 14.5. The van der Waals surface area contributed by atoms with Crippen molar-refractivity contribution < 1.29 is 4.79 Å². The fourth-order valence-corrected chi connectivity index (χ4v) is 2.34. The zero-order chi connectivity index (χ0) is 14.5. The van der Waals surface area contributed by atoms with Gasteiger partial charge in [-0.15, -0.1) is 0 Å². The highest BCUT2D eigenvalue weighted by Crippen LogP contribution is 2.17. The molecule has 1 unspecified atom stereocenters. The Labute approximate surface area is 120 Å². The van der Waals surface area contributed by atoms with Crippen molar-refractivity contribution in [2.24, 2.45) is 5.73 Å². The predicted octanol–water partition coefficient (Wildman–Crippen LogP) is 2.93. The first-order chi connectivity index (χ1) is 9.60. The van der Waals surface area contributed by atoms with Crippen molar-refractivity contribution in [3.05, 3.63) is 48.0 Å². The molecule has 0 aromatic heterocycles. The zero-order valence-electron chi connectivity index (χ0n) is 12.2. The van der Waals surface area contributed by atoms with E-state index in [-0.39, 0.29) is 11.9 Å². The largest absolute Gasteiger partial charge is 0.339 e. The Bertz CT molecular complexity index is 592. The molecule has 0 fully saturated rings. The Morgan fingerprint density at radius 1 is 1.20 bits per heavy atom. The lowest BCUT2D eigenvalue weighted by molar-refractivity contribution is -0.131. The van der Waals surface area contributed by atoms with Gasteiger partial charge in [0.2, 0.25) is 5.91 Å². The molecule has 0 saturated heterocycles. The second-order valence-corrected chi connectivity index (χ2v) is 5.27. The third kappa shape index (κ3) is 3.58. The molecule has 2 aromatic rings. The number of nitrogens with two attached hydrogens (primary N) is 1. The normalized spacial score (nSPS) is 12.3. The summed E-state index contributed by atoms with van der Waals surface area (Å²) in [6, 6.07) is 14.5. The quantitative estimate of drug-likeness (QED) is 0.908. The van der Waals surface area contributed by atoms with Crippen molar-refractivity contribution in [2.45, 2.75) is 32.9 Å². The van der Waals surface area contributed by atoms with Crippen molar-refractivity contribution in [1.82, 2.24) is 4.90 Å². The summed E-state index contributed by atoms with van der Waals surface area (Å²) in [7, 11) is 0. The molecule has 2 N–H and O–H groups in total. The molecule has 0 aliphatic rings. The van der Waals surface area contributed by atoms with E-state index in [2.05, 4.69) is 30.3 Å². The number of nitrogens with zero attached hydrogens (tertiary/aromatic N) is 1. The van der Waals surface area contributed by atoms with Crippen LogP contribution in [0.3, 0.4) is 0 Å². The van der Waals surface area contributed by atoms with Crippen molar-refractivity contribution in [3.8, 4) is 0 Å². The van der Waals surface area contributed by atoms with Gasteiger partial charge in [-0.05, 0) is 36.2 Å². The number of hydrogen-bond acceptors (Lipinski definition) is 2. The zero-order valence-corrected chi connectivity index (χ0v) is 12.2. The van der Waals surface area contributed by atoms with Gasteiger partial charge in [-0.1, -0.05) is 36.4 Å². The second-order valence-electron chi connectivity index (χ2n) is 5.27. The molecule has 0 saturated carbocycles. The lowest BCUT2D eigenvalue weighted by atomic mass is 10.1. The number of carbonyl (C=O) groups excluding carboxylic acids is 1. The van der Waals surface area contributed by atoms with E-state index < -0.39 is 0 Å². The van der Waals surface area contributed by atoms with Gasteiger partial charge in [0.05, 0.1) is 0 Å². The number of benzene rings is 2. The molecule has 2 rings (SSSR count). The predicted molar refractivity (Wildman–Crippen MR) is 83.3 cm³/mol. The van der Waals surface area contributed by atoms with Crippen LogP contribution in [-0.4, -0.2) is 23.4 Å². The van der Waals surface area contributed by atoms with Crippen LogP contribution in [0.4, 0.5) is 0 Å². The van der Waals surface area contributed by atoms with E-state index in [0.29, 0.717) is 19.5 Å². The number of rotatable bonds is 5. The fraction of sp³-hybridized carbons (Fsp3) is 0.353. The molecule has 0 aliphatic carbocycles. The highest BCUT2D eigenvalue weighted by molar-refractivity contribution is 5.83. The standard InChI is InChI=1S/C17H22N2O/c1-3-19(17(20)10-13(2)18)12-14-8-9-15-6-4-5-7-16(15)11-14/h4-9,11,13H,3,10,12,18H2,1-2H3. The minimum Gasteiger partial charge on any atom is -0.339 e. The Balaban J connectivity index is 2.14. The molecule has 0 aliphatic heterocycles. The molecule has 1 atom stereocenters. The fourth-order valence-electron chi connectivity index (χ4n) is 2.34. The van der Waals surface area contributed by atoms with Crippen LogP contribution < -0.4 is 5.73 Å². The van der Waals surface area contributed by atoms with E-state index in [1.807, 2.05) is 30.9 Å². The summed E-state index contributed by atoms with van der Waals surface area (Å²) in [4.78, 5) is 14.0. The van der Waals surface area contributed by atoms with Crippen LogP contribution in [0.5, 0.6) is 0 Å². The topological polar surface area (TPSA) is 46.3 Å². The van der Waals surface area contributed by atoms with Gasteiger partial charge in [-0.25, -0.2) is 0 Å². The number of amides is 1. The van der Waals surface area contributed by atoms with Crippen molar-refractivity contribution in [2.75, 3.05) is 6.54 Å². The molecule has 0 bridgehead atoms. The van der Waals surface area contributed by atoms with E-state index in [9.17, 15) is 4.79 Å². The molecule has 106 valence electrons. The molecule has 0 spiro atoms. The van der Waals surface area contributed by atoms with Gasteiger partial charge in [-0.3, -0.25) is 4.79 Å². The Morgan fingerprint density at radius 3 is 2.55 bits per heavy atom. The molecule has 0 radical (unpaired) electrons. The van der Waals surface area contributed by atoms with E-state index in [1.54, 1.807) is 0 Å². The number of fused-ring (bicyclic) bond motifs is 1. The highest BCUT2D eigenvalue weighted by Gasteiger charge is 2.13. The Kier molecular flexibility index (Phi) is 4.74. The molecular weight excluding hydrogens is 248 g/mol. The maximum atomic E-state index is 12.1. The first-order valence-electron chi connectivity index (χ1n) is 7.11. The molecule has 20 heavy (non-hydrogen) atoms. The van der Waals surface area contributed by atoms with Gasteiger partial charge in [-0.2, -0.15) is 0 Å². The SMILES string of the molecule is CCN(Cc1ccc2ccccc2c1)C(=O)CC(C)N. The van der Waals surface area contributed by atoms with Crippen molar-refractivity contribution in [3.63, 3.8) is 0 Å². The molecule has 1 amide bonds. The molecular formula is C17H22N2O. The molecule has 0 heterocycles. The summed E-state index contributed by atoms with van der Waals surface area (Å²) in [5, 5.41) is 2.43. The summed E-state index contributed by atoms with van der Waals surface area (Å²) in [5.74, 6) is 0.121. The molecule has 3 heteroatoms. The van der Waals surface area contributed by atoms with Crippen molar-refractivity contribution >= 4 is 16.7 Å². The van der Waals surface area contributed by atoms with Gasteiger partial charge in [0.1, 0.15) is 0 Å². The lowest BCUT2D eigenvalue weighted by Crippen LogP contribution is -2.34. The average Bonchev–Trinajstić information content (AvgIpc) is 2.43. The summed E-state index contributed by atoms with van der Waals surface area (Å²) in [6.07, 6.45) is 0.404. The van der Waals surface area contributed by atoms with Crippen LogP contribution >= 0.6 is 0 Å². The van der Waals surface area contributed by atoms with Crippen LogP contribution in [0.25, 0.3) is 10.8 Å².